The van der Waals surface area contributed by atoms with Gasteiger partial charge >= 0.3 is 0 Å². The summed E-state index contributed by atoms with van der Waals surface area (Å²) in [6, 6.07) is 29.3. The fraction of sp³-hybridized carbons (Fsp3) is 0.161. The van der Waals surface area contributed by atoms with E-state index in [0.717, 1.165) is 21.0 Å². The van der Waals surface area contributed by atoms with Gasteiger partial charge in [0.25, 0.3) is 15.9 Å². The Labute approximate surface area is 229 Å². The largest absolute Gasteiger partial charge is 0.345 e. The highest BCUT2D eigenvalue weighted by Crippen LogP contribution is 2.29. The molecule has 2 N–H and O–H groups in total. The van der Waals surface area contributed by atoms with Crippen molar-refractivity contribution >= 4 is 33.2 Å². The zero-order valence-corrected chi connectivity index (χ0v) is 22.9. The molecular formula is C31H31N3O4S. The molecule has 0 aliphatic heterocycles. The minimum atomic E-state index is -4.06. The van der Waals surface area contributed by atoms with E-state index in [1.54, 1.807) is 54.6 Å². The van der Waals surface area contributed by atoms with E-state index in [0.29, 0.717) is 11.4 Å². The van der Waals surface area contributed by atoms with Gasteiger partial charge in [0.2, 0.25) is 5.91 Å². The zero-order chi connectivity index (χ0) is 28.0. The number of carbonyl (C=O) groups excluding carboxylic acids is 2. The lowest BCUT2D eigenvalue weighted by atomic mass is 10.1. The van der Waals surface area contributed by atoms with E-state index >= 15 is 0 Å². The summed E-state index contributed by atoms with van der Waals surface area (Å²) < 4.78 is 28.5. The molecule has 200 valence electrons. The summed E-state index contributed by atoms with van der Waals surface area (Å²) in [5, 5.41) is 5.71. The second-order valence-electron chi connectivity index (χ2n) is 9.24. The van der Waals surface area contributed by atoms with Crippen LogP contribution in [-0.2, 0) is 14.8 Å². The van der Waals surface area contributed by atoms with Crippen molar-refractivity contribution in [2.24, 2.45) is 0 Å². The smallest absolute Gasteiger partial charge is 0.264 e. The molecule has 0 aliphatic carbocycles. The predicted molar refractivity (Wildman–Crippen MR) is 154 cm³/mol. The number of nitrogens with zero attached hydrogens (tertiary/aromatic N) is 1. The molecule has 0 fully saturated rings. The number of hydrogen-bond donors (Lipinski definition) is 2. The van der Waals surface area contributed by atoms with Gasteiger partial charge in [-0.2, -0.15) is 0 Å². The molecule has 1 atom stereocenters. The average molecular weight is 542 g/mol. The Bertz CT molecular complexity index is 1570. The van der Waals surface area contributed by atoms with Crippen molar-refractivity contribution in [3.8, 4) is 0 Å². The number of hydrogen-bond acceptors (Lipinski definition) is 4. The molecule has 0 saturated carbocycles. The third-order valence-electron chi connectivity index (χ3n) is 6.56. The SMILES string of the molecule is Cc1cccc(N(CC(=O)Nc2ccccc2C(=O)N[C@H](C)c2ccccc2)S(=O)(=O)c2ccccc2)c1C. The summed E-state index contributed by atoms with van der Waals surface area (Å²) in [6.07, 6.45) is 0. The van der Waals surface area contributed by atoms with Crippen molar-refractivity contribution in [1.29, 1.82) is 0 Å². The van der Waals surface area contributed by atoms with Gasteiger partial charge in [0.15, 0.2) is 0 Å². The van der Waals surface area contributed by atoms with Crippen molar-refractivity contribution in [3.05, 3.63) is 125 Å². The van der Waals surface area contributed by atoms with Crippen LogP contribution in [0.5, 0.6) is 0 Å². The molecule has 7 nitrogen and oxygen atoms in total. The maximum Gasteiger partial charge on any atom is 0.264 e. The van der Waals surface area contributed by atoms with E-state index in [9.17, 15) is 18.0 Å². The van der Waals surface area contributed by atoms with Crippen molar-refractivity contribution in [2.45, 2.75) is 31.7 Å². The Morgan fingerprint density at radius 1 is 0.795 bits per heavy atom. The average Bonchev–Trinajstić information content (AvgIpc) is 2.94. The van der Waals surface area contributed by atoms with Crippen LogP contribution >= 0.6 is 0 Å². The normalized spacial score (nSPS) is 11.9. The molecule has 0 radical (unpaired) electrons. The predicted octanol–water partition coefficient (Wildman–Crippen LogP) is 5.63. The van der Waals surface area contributed by atoms with Gasteiger partial charge in [-0.05, 0) is 67.8 Å². The van der Waals surface area contributed by atoms with E-state index in [2.05, 4.69) is 10.6 Å². The van der Waals surface area contributed by atoms with Gasteiger partial charge in [0, 0.05) is 0 Å². The van der Waals surface area contributed by atoms with Gasteiger partial charge in [-0.3, -0.25) is 13.9 Å². The number of sulfonamides is 1. The lowest BCUT2D eigenvalue weighted by Gasteiger charge is -2.26. The second-order valence-corrected chi connectivity index (χ2v) is 11.1. The molecule has 0 saturated heterocycles. The van der Waals surface area contributed by atoms with Gasteiger partial charge in [-0.25, -0.2) is 8.42 Å². The van der Waals surface area contributed by atoms with Gasteiger partial charge in [-0.1, -0.05) is 72.8 Å². The Hall–Kier alpha value is -4.43. The van der Waals surface area contributed by atoms with Crippen LogP contribution in [0.25, 0.3) is 0 Å². The van der Waals surface area contributed by atoms with E-state index in [1.807, 2.05) is 57.2 Å². The van der Waals surface area contributed by atoms with Crippen LogP contribution in [0.15, 0.2) is 108 Å². The van der Waals surface area contributed by atoms with Crippen LogP contribution in [0, 0.1) is 13.8 Å². The number of aryl methyl sites for hydroxylation is 1. The molecule has 39 heavy (non-hydrogen) atoms. The van der Waals surface area contributed by atoms with Crippen molar-refractivity contribution in [3.63, 3.8) is 0 Å². The van der Waals surface area contributed by atoms with E-state index in [4.69, 9.17) is 0 Å². The number of nitrogens with one attached hydrogen (secondary N) is 2. The highest BCUT2D eigenvalue weighted by atomic mass is 32.2. The molecule has 0 heterocycles. The van der Waals surface area contributed by atoms with E-state index in [-0.39, 0.29) is 22.4 Å². The monoisotopic (exact) mass is 541 g/mol. The third-order valence-corrected chi connectivity index (χ3v) is 8.33. The molecule has 8 heteroatoms. The summed E-state index contributed by atoms with van der Waals surface area (Å²) in [5.74, 6) is -0.933. The van der Waals surface area contributed by atoms with Crippen LogP contribution in [0.2, 0.25) is 0 Å². The lowest BCUT2D eigenvalue weighted by Crippen LogP contribution is -2.39. The molecule has 0 aromatic heterocycles. The molecule has 4 rings (SSSR count). The fourth-order valence-corrected chi connectivity index (χ4v) is 5.73. The maximum atomic E-state index is 13.7. The number of para-hydroxylation sites is 1. The highest BCUT2D eigenvalue weighted by Gasteiger charge is 2.29. The summed E-state index contributed by atoms with van der Waals surface area (Å²) in [7, 11) is -4.06. The Morgan fingerprint density at radius 2 is 1.41 bits per heavy atom. The quantitative estimate of drug-likeness (QED) is 0.287. The van der Waals surface area contributed by atoms with Gasteiger partial charge in [-0.15, -0.1) is 0 Å². The van der Waals surface area contributed by atoms with Crippen LogP contribution in [0.1, 0.15) is 40.0 Å². The minimum absolute atomic E-state index is 0.0772. The molecule has 4 aromatic rings. The summed E-state index contributed by atoms with van der Waals surface area (Å²) in [6.45, 7) is 5.12. The standard InChI is InChI=1S/C31H31N3O4S/c1-22-13-12-20-29(23(22)2)34(39(37,38)26-16-8-5-9-17-26)21-30(35)33-28-19-11-10-18-27(28)31(36)32-24(3)25-14-6-4-7-15-25/h4-20,24H,21H2,1-3H3,(H,32,36)(H,33,35)/t24-/m1/s1. The topological polar surface area (TPSA) is 95.6 Å². The highest BCUT2D eigenvalue weighted by molar-refractivity contribution is 7.92. The Morgan fingerprint density at radius 3 is 2.10 bits per heavy atom. The second kappa shape index (κ2) is 12.0. The van der Waals surface area contributed by atoms with E-state index < -0.39 is 22.5 Å². The summed E-state index contributed by atoms with van der Waals surface area (Å²) in [5.41, 5.74) is 3.57. The molecule has 2 amide bonds. The number of carbonyl (C=O) groups is 2. The van der Waals surface area contributed by atoms with Gasteiger partial charge < -0.3 is 10.6 Å². The first kappa shape index (κ1) is 27.6. The first-order chi connectivity index (χ1) is 18.7. The number of amides is 2. The third kappa shape index (κ3) is 6.35. The fourth-order valence-electron chi connectivity index (χ4n) is 4.23. The van der Waals surface area contributed by atoms with Gasteiger partial charge in [0.05, 0.1) is 27.9 Å². The maximum absolute atomic E-state index is 13.7. The van der Waals surface area contributed by atoms with Crippen LogP contribution in [-0.4, -0.2) is 26.8 Å². The molecule has 4 aromatic carbocycles. The number of benzene rings is 4. The van der Waals surface area contributed by atoms with Gasteiger partial charge in [0.1, 0.15) is 6.54 Å². The van der Waals surface area contributed by atoms with Crippen molar-refractivity contribution in [2.75, 3.05) is 16.2 Å². The molecule has 0 bridgehead atoms. The minimum Gasteiger partial charge on any atom is -0.345 e. The summed E-state index contributed by atoms with van der Waals surface area (Å²) in [4.78, 5) is 26.5. The van der Waals surface area contributed by atoms with Crippen LogP contribution in [0.4, 0.5) is 11.4 Å². The van der Waals surface area contributed by atoms with Crippen molar-refractivity contribution < 1.29 is 18.0 Å². The summed E-state index contributed by atoms with van der Waals surface area (Å²) >= 11 is 0. The molecule has 0 spiro atoms. The molecule has 0 unspecified atom stereocenters. The molecular weight excluding hydrogens is 510 g/mol. The van der Waals surface area contributed by atoms with Crippen molar-refractivity contribution in [1.82, 2.24) is 5.32 Å². The van der Waals surface area contributed by atoms with Crippen LogP contribution < -0.4 is 14.9 Å². The Balaban J connectivity index is 1.60. The number of anilines is 2. The molecule has 0 aliphatic rings. The zero-order valence-electron chi connectivity index (χ0n) is 22.1. The van der Waals surface area contributed by atoms with Crippen LogP contribution in [0.3, 0.4) is 0 Å². The lowest BCUT2D eigenvalue weighted by molar-refractivity contribution is -0.114. The van der Waals surface area contributed by atoms with E-state index in [1.165, 1.54) is 12.1 Å². The first-order valence-corrected chi connectivity index (χ1v) is 14.0. The number of rotatable bonds is 9. The first-order valence-electron chi connectivity index (χ1n) is 12.6. The Kier molecular flexibility index (Phi) is 8.46.